The minimum atomic E-state index is 0.0768. The lowest BCUT2D eigenvalue weighted by Gasteiger charge is -2.04. The molecule has 2 heterocycles. The highest BCUT2D eigenvalue weighted by atomic mass is 32.1. The fourth-order valence-electron chi connectivity index (χ4n) is 2.54. The van der Waals surface area contributed by atoms with E-state index in [2.05, 4.69) is 15.0 Å². The molecule has 0 aliphatic carbocycles. The first kappa shape index (κ1) is 14.6. The second-order valence-corrected chi connectivity index (χ2v) is 6.36. The maximum absolute atomic E-state index is 6.04. The second-order valence-electron chi connectivity index (χ2n) is 5.35. The first-order valence-corrected chi connectivity index (χ1v) is 8.31. The highest BCUT2D eigenvalue weighted by Gasteiger charge is 2.13. The Morgan fingerprint density at radius 2 is 2.04 bits per heavy atom. The van der Waals surface area contributed by atoms with Crippen molar-refractivity contribution in [3.05, 3.63) is 53.6 Å². The van der Waals surface area contributed by atoms with E-state index in [1.807, 2.05) is 42.5 Å². The fourth-order valence-corrected chi connectivity index (χ4v) is 3.39. The van der Waals surface area contributed by atoms with Gasteiger partial charge in [-0.1, -0.05) is 35.6 Å². The van der Waals surface area contributed by atoms with Gasteiger partial charge in [-0.05, 0) is 23.8 Å². The largest absolute Gasteiger partial charge is 0.493 e. The molecule has 1 aromatic heterocycles. The quantitative estimate of drug-likeness (QED) is 0.554. The van der Waals surface area contributed by atoms with Crippen molar-refractivity contribution in [2.24, 2.45) is 21.5 Å². The van der Waals surface area contributed by atoms with Crippen molar-refractivity contribution in [2.75, 3.05) is 6.61 Å². The van der Waals surface area contributed by atoms with Crippen LogP contribution in [0.4, 0.5) is 5.13 Å². The average Bonchev–Trinajstić information content (AvgIpc) is 3.19. The number of aromatic nitrogens is 1. The van der Waals surface area contributed by atoms with Gasteiger partial charge in [0.15, 0.2) is 0 Å². The van der Waals surface area contributed by atoms with Gasteiger partial charge < -0.3 is 16.2 Å². The molecular weight excluding hydrogens is 322 g/mol. The molecule has 0 saturated carbocycles. The van der Waals surface area contributed by atoms with Crippen molar-refractivity contribution >= 4 is 38.5 Å². The van der Waals surface area contributed by atoms with Crippen molar-refractivity contribution in [1.29, 1.82) is 0 Å². The standard InChI is InChI=1S/C17H15N5OS/c18-15(11-6-5-10-7-8-23-13(10)9-11)21-16(19)22-17-20-12-3-1-2-4-14(12)24-17/h1-6,9H,7-8H2,(H4,18,19,20,21,22). The molecule has 3 aromatic rings. The zero-order valence-corrected chi connectivity index (χ0v) is 13.6. The monoisotopic (exact) mass is 337 g/mol. The van der Waals surface area contributed by atoms with Crippen molar-refractivity contribution in [1.82, 2.24) is 4.98 Å². The summed E-state index contributed by atoms with van der Waals surface area (Å²) in [7, 11) is 0. The number of benzene rings is 2. The smallest absolute Gasteiger partial charge is 0.224 e. The van der Waals surface area contributed by atoms with Crippen molar-refractivity contribution < 1.29 is 4.74 Å². The van der Waals surface area contributed by atoms with Gasteiger partial charge in [-0.25, -0.2) is 4.98 Å². The van der Waals surface area contributed by atoms with Gasteiger partial charge in [0.2, 0.25) is 11.1 Å². The van der Waals surface area contributed by atoms with E-state index in [1.54, 1.807) is 0 Å². The number of fused-ring (bicyclic) bond motifs is 2. The van der Waals surface area contributed by atoms with Crippen molar-refractivity contribution in [2.45, 2.75) is 6.42 Å². The molecule has 4 N–H and O–H groups in total. The Bertz CT molecular complexity index is 943. The van der Waals surface area contributed by atoms with E-state index in [-0.39, 0.29) is 5.96 Å². The molecule has 4 rings (SSSR count). The first-order valence-electron chi connectivity index (χ1n) is 7.49. The Kier molecular flexibility index (Phi) is 3.62. The van der Waals surface area contributed by atoms with E-state index < -0.39 is 0 Å². The lowest BCUT2D eigenvalue weighted by molar-refractivity contribution is 0.357. The Labute approximate surface area is 142 Å². The number of amidine groups is 1. The number of ether oxygens (including phenoxy) is 1. The summed E-state index contributed by atoms with van der Waals surface area (Å²) in [6, 6.07) is 13.6. The molecule has 0 atom stereocenters. The van der Waals surface area contributed by atoms with E-state index in [9.17, 15) is 0 Å². The van der Waals surface area contributed by atoms with Crippen LogP contribution in [-0.2, 0) is 6.42 Å². The summed E-state index contributed by atoms with van der Waals surface area (Å²) in [6.45, 7) is 0.705. The van der Waals surface area contributed by atoms with Gasteiger partial charge in [0.1, 0.15) is 11.6 Å². The van der Waals surface area contributed by atoms with Gasteiger partial charge in [0, 0.05) is 12.0 Å². The number of rotatable bonds is 2. The van der Waals surface area contributed by atoms with Crippen molar-refractivity contribution in [3.8, 4) is 5.75 Å². The predicted octanol–water partition coefficient (Wildman–Crippen LogP) is 2.58. The van der Waals surface area contributed by atoms with Gasteiger partial charge >= 0.3 is 0 Å². The predicted molar refractivity (Wildman–Crippen MR) is 97.3 cm³/mol. The third-order valence-electron chi connectivity index (χ3n) is 3.72. The molecule has 24 heavy (non-hydrogen) atoms. The van der Waals surface area contributed by atoms with Crippen LogP contribution in [0.2, 0.25) is 0 Å². The zero-order chi connectivity index (χ0) is 16.5. The summed E-state index contributed by atoms with van der Waals surface area (Å²) in [4.78, 5) is 12.8. The van der Waals surface area contributed by atoms with E-state index in [1.165, 1.54) is 16.9 Å². The lowest BCUT2D eigenvalue weighted by Crippen LogP contribution is -2.19. The SMILES string of the molecule is NC(=Nc1nc2ccccc2s1)N=C(N)c1ccc2c(c1)OCC2. The Balaban J connectivity index is 1.61. The molecule has 6 nitrogen and oxygen atoms in total. The number of nitrogens with two attached hydrogens (primary N) is 2. The van der Waals surface area contributed by atoms with Gasteiger partial charge in [0.05, 0.1) is 16.8 Å². The van der Waals surface area contributed by atoms with Crippen LogP contribution in [0.3, 0.4) is 0 Å². The summed E-state index contributed by atoms with van der Waals surface area (Å²) in [5.41, 5.74) is 14.8. The summed E-state index contributed by atoms with van der Waals surface area (Å²) in [5.74, 6) is 1.23. The lowest BCUT2D eigenvalue weighted by atomic mass is 10.1. The van der Waals surface area contributed by atoms with Crippen LogP contribution in [-0.4, -0.2) is 23.4 Å². The number of hydrogen-bond donors (Lipinski definition) is 2. The Morgan fingerprint density at radius 1 is 1.17 bits per heavy atom. The summed E-state index contributed by atoms with van der Waals surface area (Å²) >= 11 is 1.46. The fraction of sp³-hybridized carbons (Fsp3) is 0.118. The van der Waals surface area contributed by atoms with Crippen LogP contribution in [0.15, 0.2) is 52.4 Å². The molecular formula is C17H15N5OS. The number of nitrogens with zero attached hydrogens (tertiary/aromatic N) is 3. The van der Waals surface area contributed by atoms with Crippen LogP contribution in [0, 0.1) is 0 Å². The molecule has 0 saturated heterocycles. The third-order valence-corrected chi connectivity index (χ3v) is 4.65. The maximum Gasteiger partial charge on any atom is 0.224 e. The van der Waals surface area contributed by atoms with Crippen molar-refractivity contribution in [3.63, 3.8) is 0 Å². The van der Waals surface area contributed by atoms with Crippen LogP contribution < -0.4 is 16.2 Å². The molecule has 1 aliphatic heterocycles. The number of aliphatic imine (C=N–C) groups is 2. The van der Waals surface area contributed by atoms with E-state index in [4.69, 9.17) is 16.2 Å². The van der Waals surface area contributed by atoms with Crippen LogP contribution in [0.25, 0.3) is 10.2 Å². The van der Waals surface area contributed by atoms with Gasteiger partial charge in [-0.2, -0.15) is 9.98 Å². The number of hydrogen-bond acceptors (Lipinski definition) is 4. The number of para-hydroxylation sites is 1. The zero-order valence-electron chi connectivity index (χ0n) is 12.8. The minimum absolute atomic E-state index is 0.0768. The maximum atomic E-state index is 6.04. The van der Waals surface area contributed by atoms with E-state index in [0.29, 0.717) is 17.6 Å². The molecule has 1 aliphatic rings. The highest BCUT2D eigenvalue weighted by molar-refractivity contribution is 7.22. The second kappa shape index (κ2) is 5.93. The topological polar surface area (TPSA) is 98.9 Å². The first-order chi connectivity index (χ1) is 11.7. The molecule has 120 valence electrons. The normalized spacial score (nSPS) is 14.7. The van der Waals surface area contributed by atoms with Gasteiger partial charge in [0.25, 0.3) is 0 Å². The molecule has 0 fully saturated rings. The van der Waals surface area contributed by atoms with E-state index >= 15 is 0 Å². The van der Waals surface area contributed by atoms with Gasteiger partial charge in [-0.3, -0.25) is 0 Å². The molecule has 0 amide bonds. The Hall–Kier alpha value is -2.93. The molecule has 0 spiro atoms. The highest BCUT2D eigenvalue weighted by Crippen LogP contribution is 2.28. The summed E-state index contributed by atoms with van der Waals surface area (Å²) in [6.07, 6.45) is 0.924. The van der Waals surface area contributed by atoms with Crippen LogP contribution >= 0.6 is 11.3 Å². The van der Waals surface area contributed by atoms with Crippen LogP contribution in [0.5, 0.6) is 5.75 Å². The Morgan fingerprint density at radius 3 is 2.92 bits per heavy atom. The van der Waals surface area contributed by atoms with Crippen LogP contribution in [0.1, 0.15) is 11.1 Å². The molecule has 2 aromatic carbocycles. The minimum Gasteiger partial charge on any atom is -0.493 e. The molecule has 7 heteroatoms. The number of guanidine groups is 1. The van der Waals surface area contributed by atoms with Gasteiger partial charge in [-0.15, -0.1) is 0 Å². The molecule has 0 unspecified atom stereocenters. The third kappa shape index (κ3) is 2.81. The summed E-state index contributed by atoms with van der Waals surface area (Å²) in [5, 5.41) is 0.558. The molecule has 0 radical (unpaired) electrons. The average molecular weight is 337 g/mol. The van der Waals surface area contributed by atoms with E-state index in [0.717, 1.165) is 28.0 Å². The summed E-state index contributed by atoms with van der Waals surface area (Å²) < 4.78 is 6.60. The number of thiazole rings is 1. The molecule has 0 bridgehead atoms.